The highest BCUT2D eigenvalue weighted by atomic mass is 16.3. The maximum Gasteiger partial charge on any atom is 0.220 e. The summed E-state index contributed by atoms with van der Waals surface area (Å²) in [6.07, 6.45) is 5.91. The van der Waals surface area contributed by atoms with Crippen molar-refractivity contribution in [2.75, 3.05) is 0 Å². The normalized spacial score (nSPS) is 30.3. The first-order valence-corrected chi connectivity index (χ1v) is 8.31. The second-order valence-corrected chi connectivity index (χ2v) is 7.80. The first-order valence-electron chi connectivity index (χ1n) is 8.31. The number of carbonyl (C=O) groups excluding carboxylic acids is 1. The average molecular weight is 289 g/mol. The lowest BCUT2D eigenvalue weighted by atomic mass is 9.92. The van der Waals surface area contributed by atoms with Crippen LogP contribution in [-0.4, -0.2) is 11.9 Å². The molecule has 0 saturated heterocycles. The van der Waals surface area contributed by atoms with E-state index in [0.29, 0.717) is 30.2 Å². The Morgan fingerprint density at radius 3 is 2.81 bits per heavy atom. The quantitative estimate of drug-likeness (QED) is 0.889. The Morgan fingerprint density at radius 1 is 1.43 bits per heavy atom. The SMILES string of the molecule is CC1CC1c1ccc(CCC(=O)NC2CCC(C)(C)C2)o1. The van der Waals surface area contributed by atoms with Gasteiger partial charge in [0, 0.05) is 24.8 Å². The third kappa shape index (κ3) is 3.69. The number of rotatable bonds is 5. The van der Waals surface area contributed by atoms with E-state index in [-0.39, 0.29) is 5.91 Å². The molecular formula is C18H27NO2. The summed E-state index contributed by atoms with van der Waals surface area (Å²) in [5, 5.41) is 3.17. The maximum absolute atomic E-state index is 12.0. The van der Waals surface area contributed by atoms with E-state index in [1.54, 1.807) is 0 Å². The molecule has 3 atom stereocenters. The zero-order chi connectivity index (χ0) is 15.0. The maximum atomic E-state index is 12.0. The average Bonchev–Trinajstić information content (AvgIpc) is 2.84. The van der Waals surface area contributed by atoms with Crippen molar-refractivity contribution >= 4 is 5.91 Å². The van der Waals surface area contributed by atoms with Crippen molar-refractivity contribution in [2.45, 2.75) is 71.3 Å². The standard InChI is InChI=1S/C18H27NO2/c1-12-10-15(12)16-6-4-14(21-16)5-7-17(20)19-13-8-9-18(2,3)11-13/h4,6,12-13,15H,5,7-11H2,1-3H3,(H,19,20). The van der Waals surface area contributed by atoms with Crippen LogP contribution in [0.25, 0.3) is 0 Å². The third-order valence-electron chi connectivity index (χ3n) is 5.09. The molecule has 116 valence electrons. The fraction of sp³-hybridized carbons (Fsp3) is 0.722. The van der Waals surface area contributed by atoms with Crippen molar-refractivity contribution < 1.29 is 9.21 Å². The Kier molecular flexibility index (Phi) is 3.85. The smallest absolute Gasteiger partial charge is 0.220 e. The van der Waals surface area contributed by atoms with Gasteiger partial charge in [0.15, 0.2) is 0 Å². The zero-order valence-electron chi connectivity index (χ0n) is 13.4. The van der Waals surface area contributed by atoms with Gasteiger partial charge in [0.2, 0.25) is 5.91 Å². The van der Waals surface area contributed by atoms with Gasteiger partial charge in [0.05, 0.1) is 0 Å². The summed E-state index contributed by atoms with van der Waals surface area (Å²) >= 11 is 0. The summed E-state index contributed by atoms with van der Waals surface area (Å²) in [6, 6.07) is 4.49. The van der Waals surface area contributed by atoms with E-state index >= 15 is 0 Å². The molecule has 0 bridgehead atoms. The van der Waals surface area contributed by atoms with Crippen LogP contribution >= 0.6 is 0 Å². The molecule has 1 amide bonds. The lowest BCUT2D eigenvalue weighted by Crippen LogP contribution is -2.33. The molecule has 1 heterocycles. The van der Waals surface area contributed by atoms with Crippen LogP contribution < -0.4 is 5.32 Å². The van der Waals surface area contributed by atoms with Gasteiger partial charge in [-0.05, 0) is 49.1 Å². The fourth-order valence-corrected chi connectivity index (χ4v) is 3.54. The van der Waals surface area contributed by atoms with E-state index < -0.39 is 0 Å². The van der Waals surface area contributed by atoms with Crippen LogP contribution in [0.5, 0.6) is 0 Å². The predicted molar refractivity (Wildman–Crippen MR) is 83.1 cm³/mol. The molecule has 3 rings (SSSR count). The number of nitrogens with one attached hydrogen (secondary N) is 1. The van der Waals surface area contributed by atoms with Crippen molar-refractivity contribution in [3.63, 3.8) is 0 Å². The van der Waals surface area contributed by atoms with Crippen molar-refractivity contribution in [2.24, 2.45) is 11.3 Å². The number of amides is 1. The molecule has 3 heteroatoms. The summed E-state index contributed by atoms with van der Waals surface area (Å²) in [7, 11) is 0. The minimum Gasteiger partial charge on any atom is -0.466 e. The molecule has 1 aromatic heterocycles. The van der Waals surface area contributed by atoms with Crippen LogP contribution in [0, 0.1) is 11.3 Å². The highest BCUT2D eigenvalue weighted by molar-refractivity contribution is 5.76. The van der Waals surface area contributed by atoms with Gasteiger partial charge < -0.3 is 9.73 Å². The van der Waals surface area contributed by atoms with E-state index in [1.807, 2.05) is 6.07 Å². The topological polar surface area (TPSA) is 42.2 Å². The number of hydrogen-bond acceptors (Lipinski definition) is 2. The molecular weight excluding hydrogens is 262 g/mol. The van der Waals surface area contributed by atoms with Crippen LogP contribution in [-0.2, 0) is 11.2 Å². The summed E-state index contributed by atoms with van der Waals surface area (Å²) in [4.78, 5) is 12.0. The summed E-state index contributed by atoms with van der Waals surface area (Å²) in [5.41, 5.74) is 0.384. The van der Waals surface area contributed by atoms with Gasteiger partial charge in [-0.25, -0.2) is 0 Å². The van der Waals surface area contributed by atoms with Gasteiger partial charge in [-0.1, -0.05) is 20.8 Å². The monoisotopic (exact) mass is 289 g/mol. The van der Waals surface area contributed by atoms with Gasteiger partial charge in [-0.15, -0.1) is 0 Å². The Bertz CT molecular complexity index is 517. The summed E-state index contributed by atoms with van der Waals surface area (Å²) in [6.45, 7) is 6.81. The predicted octanol–water partition coefficient (Wildman–Crippen LogP) is 4.03. The molecule has 1 N–H and O–H groups in total. The van der Waals surface area contributed by atoms with Crippen LogP contribution in [0.15, 0.2) is 16.5 Å². The van der Waals surface area contributed by atoms with E-state index in [4.69, 9.17) is 4.42 Å². The van der Waals surface area contributed by atoms with Gasteiger partial charge >= 0.3 is 0 Å². The van der Waals surface area contributed by atoms with Gasteiger partial charge in [0.25, 0.3) is 0 Å². The van der Waals surface area contributed by atoms with Crippen LogP contribution in [0.2, 0.25) is 0 Å². The molecule has 0 aliphatic heterocycles. The van der Waals surface area contributed by atoms with E-state index in [0.717, 1.165) is 30.3 Å². The molecule has 2 aliphatic rings. The lowest BCUT2D eigenvalue weighted by molar-refractivity contribution is -0.121. The zero-order valence-corrected chi connectivity index (χ0v) is 13.4. The number of carbonyl (C=O) groups is 1. The van der Waals surface area contributed by atoms with Gasteiger partial charge in [0.1, 0.15) is 11.5 Å². The minimum absolute atomic E-state index is 0.162. The summed E-state index contributed by atoms with van der Waals surface area (Å²) in [5.74, 6) is 3.60. The molecule has 0 spiro atoms. The molecule has 0 aromatic carbocycles. The first kappa shape index (κ1) is 14.7. The van der Waals surface area contributed by atoms with E-state index in [2.05, 4.69) is 32.2 Å². The van der Waals surface area contributed by atoms with Crippen molar-refractivity contribution in [3.8, 4) is 0 Å². The van der Waals surface area contributed by atoms with Gasteiger partial charge in [-0.2, -0.15) is 0 Å². The fourth-order valence-electron chi connectivity index (χ4n) is 3.54. The molecule has 3 unspecified atom stereocenters. The molecule has 0 radical (unpaired) electrons. The lowest BCUT2D eigenvalue weighted by Gasteiger charge is -2.17. The third-order valence-corrected chi connectivity index (χ3v) is 5.09. The van der Waals surface area contributed by atoms with E-state index in [9.17, 15) is 4.79 Å². The summed E-state index contributed by atoms with van der Waals surface area (Å²) < 4.78 is 5.85. The number of aryl methyl sites for hydroxylation is 1. The second-order valence-electron chi connectivity index (χ2n) is 7.80. The highest BCUT2D eigenvalue weighted by Gasteiger charge is 2.36. The number of hydrogen-bond donors (Lipinski definition) is 1. The molecule has 3 nitrogen and oxygen atoms in total. The Morgan fingerprint density at radius 2 is 2.19 bits per heavy atom. The molecule has 21 heavy (non-hydrogen) atoms. The largest absolute Gasteiger partial charge is 0.466 e. The van der Waals surface area contributed by atoms with Crippen LogP contribution in [0.4, 0.5) is 0 Å². The Hall–Kier alpha value is -1.25. The minimum atomic E-state index is 0.162. The van der Waals surface area contributed by atoms with Crippen molar-refractivity contribution in [3.05, 3.63) is 23.7 Å². The second kappa shape index (κ2) is 5.51. The van der Waals surface area contributed by atoms with Gasteiger partial charge in [-0.3, -0.25) is 4.79 Å². The Labute approximate surface area is 127 Å². The Balaban J connectivity index is 1.42. The molecule has 2 saturated carbocycles. The van der Waals surface area contributed by atoms with E-state index in [1.165, 1.54) is 12.8 Å². The first-order chi connectivity index (χ1) is 9.93. The molecule has 2 aliphatic carbocycles. The van der Waals surface area contributed by atoms with Crippen molar-refractivity contribution in [1.29, 1.82) is 0 Å². The van der Waals surface area contributed by atoms with Crippen molar-refractivity contribution in [1.82, 2.24) is 5.32 Å². The van der Waals surface area contributed by atoms with Crippen LogP contribution in [0.3, 0.4) is 0 Å². The molecule has 1 aromatic rings. The number of furan rings is 1. The molecule has 2 fully saturated rings. The highest BCUT2D eigenvalue weighted by Crippen LogP contribution is 2.47. The van der Waals surface area contributed by atoms with Crippen LogP contribution in [0.1, 0.15) is 70.3 Å².